The summed E-state index contributed by atoms with van der Waals surface area (Å²) in [5.74, 6) is -0.619. The van der Waals surface area contributed by atoms with E-state index in [1.807, 2.05) is 42.5 Å². The fourth-order valence-corrected chi connectivity index (χ4v) is 3.63. The molecule has 1 atom stereocenters. The number of carbonyl (C=O) groups excluding carboxylic acids is 1. The van der Waals surface area contributed by atoms with Crippen molar-refractivity contribution in [1.82, 2.24) is 0 Å². The van der Waals surface area contributed by atoms with Gasteiger partial charge in [0.15, 0.2) is 0 Å². The minimum Gasteiger partial charge on any atom is -0.299 e. The van der Waals surface area contributed by atoms with Gasteiger partial charge < -0.3 is 0 Å². The number of hydrogen-bond donors (Lipinski definition) is 0. The molecule has 3 rings (SSSR count). The number of hydrogen-bond acceptors (Lipinski definition) is 1. The van der Waals surface area contributed by atoms with Crippen LogP contribution >= 0.6 is 0 Å². The highest BCUT2D eigenvalue weighted by Gasteiger charge is 2.26. The van der Waals surface area contributed by atoms with Crippen molar-refractivity contribution in [2.24, 2.45) is 5.92 Å². The van der Waals surface area contributed by atoms with Crippen molar-refractivity contribution in [3.05, 3.63) is 60.4 Å². The lowest BCUT2D eigenvalue weighted by Crippen LogP contribution is -2.20. The summed E-state index contributed by atoms with van der Waals surface area (Å²) in [4.78, 5) is 12.5. The van der Waals surface area contributed by atoms with Crippen molar-refractivity contribution in [2.75, 3.05) is 0 Å². The summed E-state index contributed by atoms with van der Waals surface area (Å²) < 4.78 is 14.0. The molecule has 0 amide bonds. The van der Waals surface area contributed by atoms with Gasteiger partial charge in [0.05, 0.1) is 0 Å². The molecular formula is C21H23FO. The fourth-order valence-electron chi connectivity index (χ4n) is 3.63. The van der Waals surface area contributed by atoms with Crippen LogP contribution in [0.25, 0.3) is 10.8 Å². The third-order valence-corrected chi connectivity index (χ3v) is 5.02. The van der Waals surface area contributed by atoms with Crippen LogP contribution in [0.5, 0.6) is 0 Å². The molecule has 0 heterocycles. The Morgan fingerprint density at radius 1 is 1.09 bits per heavy atom. The van der Waals surface area contributed by atoms with E-state index in [0.717, 1.165) is 42.0 Å². The molecule has 23 heavy (non-hydrogen) atoms. The lowest BCUT2D eigenvalue weighted by Gasteiger charge is -2.23. The van der Waals surface area contributed by atoms with E-state index in [9.17, 15) is 9.18 Å². The van der Waals surface area contributed by atoms with E-state index in [0.29, 0.717) is 0 Å². The molecule has 2 heteroatoms. The first-order valence-electron chi connectivity index (χ1n) is 8.51. The smallest absolute Gasteiger partial charge is 0.137 e. The van der Waals surface area contributed by atoms with E-state index in [1.54, 1.807) is 0 Å². The van der Waals surface area contributed by atoms with Gasteiger partial charge in [0, 0.05) is 18.3 Å². The Kier molecular flexibility index (Phi) is 4.90. The average Bonchev–Trinajstić information content (AvgIpc) is 2.59. The van der Waals surface area contributed by atoms with Crippen LogP contribution in [0, 0.1) is 5.92 Å². The summed E-state index contributed by atoms with van der Waals surface area (Å²) in [5, 5.41) is 2.19. The molecule has 1 unspecified atom stereocenters. The van der Waals surface area contributed by atoms with Gasteiger partial charge in [-0.25, -0.2) is 4.39 Å². The molecule has 0 bridgehead atoms. The van der Waals surface area contributed by atoms with E-state index in [-0.39, 0.29) is 18.1 Å². The minimum atomic E-state index is -0.519. The molecule has 0 radical (unpaired) electrons. The summed E-state index contributed by atoms with van der Waals surface area (Å²) in [6.07, 6.45) is 5.61. The van der Waals surface area contributed by atoms with Crippen molar-refractivity contribution in [1.29, 1.82) is 0 Å². The van der Waals surface area contributed by atoms with Gasteiger partial charge in [-0.15, -0.1) is 0 Å². The van der Waals surface area contributed by atoms with Gasteiger partial charge in [0.1, 0.15) is 11.6 Å². The lowest BCUT2D eigenvalue weighted by atomic mass is 9.81. The zero-order valence-corrected chi connectivity index (χ0v) is 13.4. The Morgan fingerprint density at radius 3 is 2.48 bits per heavy atom. The number of carbonyl (C=O) groups is 1. The highest BCUT2D eigenvalue weighted by molar-refractivity contribution is 5.85. The second kappa shape index (κ2) is 7.08. The predicted octanol–water partition coefficient (Wildman–Crippen LogP) is 5.95. The molecule has 120 valence electrons. The molecule has 0 spiro atoms. The Morgan fingerprint density at radius 2 is 1.78 bits per heavy atom. The maximum absolute atomic E-state index is 14.0. The van der Waals surface area contributed by atoms with E-state index in [1.165, 1.54) is 6.42 Å². The van der Waals surface area contributed by atoms with E-state index in [2.05, 4.69) is 6.58 Å². The zero-order valence-electron chi connectivity index (χ0n) is 13.4. The summed E-state index contributed by atoms with van der Waals surface area (Å²) in [6, 6.07) is 13.9. The molecule has 0 saturated heterocycles. The first kappa shape index (κ1) is 15.9. The van der Waals surface area contributed by atoms with E-state index >= 15 is 0 Å². The second-order valence-corrected chi connectivity index (χ2v) is 6.61. The first-order valence-corrected chi connectivity index (χ1v) is 8.51. The van der Waals surface area contributed by atoms with Crippen molar-refractivity contribution < 1.29 is 9.18 Å². The Hall–Kier alpha value is -1.96. The van der Waals surface area contributed by atoms with Crippen LogP contribution in [0.4, 0.5) is 4.39 Å². The molecule has 1 aliphatic rings. The van der Waals surface area contributed by atoms with Crippen molar-refractivity contribution in [3.63, 3.8) is 0 Å². The number of benzene rings is 2. The molecular weight excluding hydrogens is 287 g/mol. The largest absolute Gasteiger partial charge is 0.299 e. The maximum Gasteiger partial charge on any atom is 0.137 e. The van der Waals surface area contributed by atoms with Crippen molar-refractivity contribution in [3.8, 4) is 0 Å². The average molecular weight is 310 g/mol. The molecule has 2 aromatic rings. The van der Waals surface area contributed by atoms with E-state index in [4.69, 9.17) is 0 Å². The Labute approximate surface area is 137 Å². The summed E-state index contributed by atoms with van der Waals surface area (Å²) in [6.45, 7) is 3.49. The molecule has 1 aliphatic carbocycles. The van der Waals surface area contributed by atoms with Gasteiger partial charge in [0.25, 0.3) is 0 Å². The fraction of sp³-hybridized carbons (Fsp3) is 0.381. The van der Waals surface area contributed by atoms with Crippen LogP contribution in [0.2, 0.25) is 0 Å². The molecule has 1 fully saturated rings. The van der Waals surface area contributed by atoms with Gasteiger partial charge in [-0.3, -0.25) is 4.79 Å². The molecule has 0 aliphatic heterocycles. The summed E-state index contributed by atoms with van der Waals surface area (Å²) >= 11 is 0. The third kappa shape index (κ3) is 3.69. The van der Waals surface area contributed by atoms with Crippen molar-refractivity contribution >= 4 is 16.6 Å². The summed E-state index contributed by atoms with van der Waals surface area (Å²) in [7, 11) is 0. The highest BCUT2D eigenvalue weighted by Crippen LogP contribution is 2.34. The number of allylic oxidation sites excluding steroid dienone is 1. The first-order chi connectivity index (χ1) is 11.1. The van der Waals surface area contributed by atoms with Gasteiger partial charge in [-0.2, -0.15) is 0 Å². The quantitative estimate of drug-likeness (QED) is 0.667. The van der Waals surface area contributed by atoms with Gasteiger partial charge in [-0.05, 0) is 29.2 Å². The zero-order chi connectivity index (χ0) is 16.2. The Balaban J connectivity index is 1.82. The maximum atomic E-state index is 14.0. The predicted molar refractivity (Wildman–Crippen MR) is 93.1 cm³/mol. The molecule has 1 nitrogen and oxygen atoms in total. The third-order valence-electron chi connectivity index (χ3n) is 5.02. The van der Waals surface area contributed by atoms with Gasteiger partial charge >= 0.3 is 0 Å². The molecule has 0 N–H and O–H groups in total. The van der Waals surface area contributed by atoms with E-state index < -0.39 is 11.7 Å². The Bertz CT molecular complexity index is 713. The number of fused-ring (bicyclic) bond motifs is 1. The van der Waals surface area contributed by atoms with Crippen LogP contribution in [0.1, 0.15) is 50.0 Å². The standard InChI is InChI=1S/C21H23FO/c1-15(22)20(14-21(23)17-8-3-2-4-9-17)19-12-11-16-7-5-6-10-18(16)13-19/h5-7,10-13,17,20H,1-4,8-9,14H2. The molecule has 2 aromatic carbocycles. The van der Waals surface area contributed by atoms with Crippen LogP contribution in [-0.2, 0) is 4.79 Å². The summed E-state index contributed by atoms with van der Waals surface area (Å²) in [5.41, 5.74) is 0.848. The normalized spacial score (nSPS) is 17.1. The highest BCUT2D eigenvalue weighted by atomic mass is 19.1. The minimum absolute atomic E-state index is 0.117. The van der Waals surface area contributed by atoms with Crippen LogP contribution in [0.3, 0.4) is 0 Å². The number of rotatable bonds is 5. The molecule has 1 saturated carbocycles. The number of halogens is 1. The number of ketones is 1. The second-order valence-electron chi connectivity index (χ2n) is 6.61. The number of Topliss-reactive ketones (excluding diaryl/α,β-unsaturated/α-hetero) is 1. The molecule has 0 aromatic heterocycles. The van der Waals surface area contributed by atoms with Crippen LogP contribution in [0.15, 0.2) is 54.9 Å². The van der Waals surface area contributed by atoms with Gasteiger partial charge in [-0.1, -0.05) is 68.3 Å². The van der Waals surface area contributed by atoms with Crippen LogP contribution < -0.4 is 0 Å². The lowest BCUT2D eigenvalue weighted by molar-refractivity contribution is -0.124. The monoisotopic (exact) mass is 310 g/mol. The van der Waals surface area contributed by atoms with Gasteiger partial charge in [0.2, 0.25) is 0 Å². The topological polar surface area (TPSA) is 17.1 Å². The van der Waals surface area contributed by atoms with Crippen molar-refractivity contribution in [2.45, 2.75) is 44.4 Å². The SMILES string of the molecule is C=C(F)C(CC(=O)C1CCCCC1)c1ccc2ccccc2c1. The van der Waals surface area contributed by atoms with Crippen LogP contribution in [-0.4, -0.2) is 5.78 Å².